The molecule has 3 amide bonds. The van der Waals surface area contributed by atoms with Crippen LogP contribution < -0.4 is 5.32 Å². The van der Waals surface area contributed by atoms with Crippen LogP contribution in [-0.4, -0.2) is 71.9 Å². The summed E-state index contributed by atoms with van der Waals surface area (Å²) in [6, 6.07) is 14.1. The van der Waals surface area contributed by atoms with Crippen LogP contribution in [0.25, 0.3) is 0 Å². The highest BCUT2D eigenvalue weighted by Crippen LogP contribution is 2.36. The van der Waals surface area contributed by atoms with E-state index in [0.717, 1.165) is 83.4 Å². The van der Waals surface area contributed by atoms with Gasteiger partial charge in [-0.15, -0.1) is 6.58 Å². The fourth-order valence-electron chi connectivity index (χ4n) is 6.96. The maximum absolute atomic E-state index is 13.6. The van der Waals surface area contributed by atoms with Crippen molar-refractivity contribution in [3.8, 4) is 0 Å². The van der Waals surface area contributed by atoms with Gasteiger partial charge in [-0.05, 0) is 54.9 Å². The van der Waals surface area contributed by atoms with E-state index in [9.17, 15) is 18.4 Å². The monoisotopic (exact) mass is 564 g/mol. The van der Waals surface area contributed by atoms with Gasteiger partial charge in [0.05, 0.1) is 0 Å². The fraction of sp³-hybridized carbons (Fsp3) is 0.515. The van der Waals surface area contributed by atoms with Crippen LogP contribution in [0.4, 0.5) is 13.6 Å². The van der Waals surface area contributed by atoms with Gasteiger partial charge in [-0.3, -0.25) is 4.79 Å². The topological polar surface area (TPSA) is 55.9 Å². The second-order valence-electron chi connectivity index (χ2n) is 11.9. The first-order valence-electron chi connectivity index (χ1n) is 15.1. The van der Waals surface area contributed by atoms with E-state index in [1.54, 1.807) is 11.0 Å². The zero-order valence-electron chi connectivity index (χ0n) is 23.8. The van der Waals surface area contributed by atoms with Crippen LogP contribution in [0, 0.1) is 23.5 Å². The van der Waals surface area contributed by atoms with Crippen LogP contribution in [0.5, 0.6) is 0 Å². The maximum Gasteiger partial charge on any atom is 0.318 e. The Morgan fingerprint density at radius 1 is 0.976 bits per heavy atom. The van der Waals surface area contributed by atoms with Crippen molar-refractivity contribution >= 4 is 11.9 Å². The summed E-state index contributed by atoms with van der Waals surface area (Å²) in [5, 5.41) is 2.86. The molecular formula is C33H42F2N4O2. The van der Waals surface area contributed by atoms with Gasteiger partial charge in [0.25, 0.3) is 0 Å². The number of carbonyl (C=O) groups excluding carboxylic acids is 2. The molecule has 3 aliphatic rings. The lowest BCUT2D eigenvalue weighted by atomic mass is 9.88. The molecule has 2 heterocycles. The summed E-state index contributed by atoms with van der Waals surface area (Å²) in [7, 11) is 0. The lowest BCUT2D eigenvalue weighted by molar-refractivity contribution is -0.134. The number of likely N-dealkylation sites (tertiary alicyclic amines) is 2. The normalized spacial score (nSPS) is 22.1. The molecule has 6 nitrogen and oxygen atoms in total. The number of hydrogen-bond acceptors (Lipinski definition) is 3. The third-order valence-corrected chi connectivity index (χ3v) is 9.19. The SMILES string of the molecule is C=CCN(C(=O)NCc1ccc(F)c(F)c1)C1CCN(C[C@H]2CN(C(=O)C3CCCC3)C[C@@H]2c2ccccc2)CC1. The Morgan fingerprint density at radius 3 is 2.39 bits per heavy atom. The van der Waals surface area contributed by atoms with Gasteiger partial charge in [0, 0.05) is 63.7 Å². The van der Waals surface area contributed by atoms with Crippen molar-refractivity contribution in [3.05, 3.63) is 83.9 Å². The molecule has 220 valence electrons. The van der Waals surface area contributed by atoms with Crippen molar-refractivity contribution in [2.24, 2.45) is 11.8 Å². The number of rotatable bonds is 9. The minimum atomic E-state index is -0.921. The van der Waals surface area contributed by atoms with Gasteiger partial charge in [0.1, 0.15) is 0 Å². The number of nitrogens with one attached hydrogen (secondary N) is 1. The predicted octanol–water partition coefficient (Wildman–Crippen LogP) is 5.56. The second kappa shape index (κ2) is 13.6. The van der Waals surface area contributed by atoms with Crippen LogP contribution in [0.3, 0.4) is 0 Å². The highest BCUT2D eigenvalue weighted by molar-refractivity contribution is 5.79. The largest absolute Gasteiger partial charge is 0.341 e. The first-order chi connectivity index (χ1) is 19.9. The van der Waals surface area contributed by atoms with Crippen LogP contribution in [0.15, 0.2) is 61.2 Å². The van der Waals surface area contributed by atoms with Gasteiger partial charge >= 0.3 is 6.03 Å². The molecule has 1 saturated carbocycles. The number of halogens is 2. The van der Waals surface area contributed by atoms with Crippen LogP contribution in [0.1, 0.15) is 55.6 Å². The molecule has 0 spiro atoms. The van der Waals surface area contributed by atoms with E-state index in [-0.39, 0.29) is 24.5 Å². The van der Waals surface area contributed by atoms with Gasteiger partial charge in [-0.25, -0.2) is 13.6 Å². The number of hydrogen-bond donors (Lipinski definition) is 1. The minimum Gasteiger partial charge on any atom is -0.341 e. The quantitative estimate of drug-likeness (QED) is 0.406. The van der Waals surface area contributed by atoms with E-state index in [0.29, 0.717) is 29.9 Å². The molecule has 0 aromatic heterocycles. The summed E-state index contributed by atoms with van der Waals surface area (Å²) in [6.07, 6.45) is 7.80. The van der Waals surface area contributed by atoms with Gasteiger partial charge < -0.3 is 20.0 Å². The highest BCUT2D eigenvalue weighted by atomic mass is 19.2. The zero-order chi connectivity index (χ0) is 28.8. The molecule has 2 saturated heterocycles. The molecule has 3 fully saturated rings. The predicted molar refractivity (Wildman–Crippen MR) is 156 cm³/mol. The Hall–Kier alpha value is -3.26. The van der Waals surface area contributed by atoms with Crippen molar-refractivity contribution in [2.75, 3.05) is 39.3 Å². The number of amides is 3. The number of nitrogens with zero attached hydrogens (tertiary/aromatic N) is 3. The third-order valence-electron chi connectivity index (χ3n) is 9.19. The van der Waals surface area contributed by atoms with Crippen molar-refractivity contribution in [2.45, 2.75) is 57.0 Å². The summed E-state index contributed by atoms with van der Waals surface area (Å²) >= 11 is 0. The average Bonchev–Trinajstić information content (AvgIpc) is 3.68. The number of carbonyl (C=O) groups is 2. The second-order valence-corrected chi connectivity index (χ2v) is 11.9. The van der Waals surface area contributed by atoms with Crippen molar-refractivity contribution in [3.63, 3.8) is 0 Å². The van der Waals surface area contributed by atoms with Gasteiger partial charge in [0.15, 0.2) is 11.6 Å². The smallest absolute Gasteiger partial charge is 0.318 e. The number of benzene rings is 2. The first kappa shape index (κ1) is 29.2. The molecule has 2 aromatic rings. The Morgan fingerprint density at radius 2 is 1.71 bits per heavy atom. The van der Waals surface area contributed by atoms with E-state index >= 15 is 0 Å². The standard InChI is InChI=1S/C33H42F2N4O2/c1-2-16-39(33(41)36-20-24-12-13-30(34)31(35)19-24)28-14-17-37(18-15-28)21-27-22-38(32(40)26-10-6-7-11-26)23-29(27)25-8-4-3-5-9-25/h2-5,8-9,12-13,19,26-29H,1,6-7,10-11,14-18,20-23H2,(H,36,41)/t27-,29+/m0/s1. The molecular weight excluding hydrogens is 522 g/mol. The van der Waals surface area contributed by atoms with E-state index in [4.69, 9.17) is 0 Å². The molecule has 1 aliphatic carbocycles. The Labute approximate surface area is 242 Å². The Balaban J connectivity index is 1.17. The molecule has 2 atom stereocenters. The van der Waals surface area contributed by atoms with Gasteiger partial charge in [-0.1, -0.05) is 55.3 Å². The van der Waals surface area contributed by atoms with Crippen LogP contribution in [0.2, 0.25) is 0 Å². The Bertz CT molecular complexity index is 1190. The summed E-state index contributed by atoms with van der Waals surface area (Å²) in [5.41, 5.74) is 1.82. The van der Waals surface area contributed by atoms with Gasteiger partial charge in [0.2, 0.25) is 5.91 Å². The molecule has 8 heteroatoms. The molecule has 5 rings (SSSR count). The van der Waals surface area contributed by atoms with E-state index in [2.05, 4.69) is 46.0 Å². The molecule has 0 bridgehead atoms. The molecule has 0 radical (unpaired) electrons. The van der Waals surface area contributed by atoms with Crippen molar-refractivity contribution < 1.29 is 18.4 Å². The highest BCUT2D eigenvalue weighted by Gasteiger charge is 2.40. The Kier molecular flexibility index (Phi) is 9.70. The summed E-state index contributed by atoms with van der Waals surface area (Å²) in [6.45, 7) is 8.68. The van der Waals surface area contributed by atoms with Crippen molar-refractivity contribution in [1.29, 1.82) is 0 Å². The lowest BCUT2D eigenvalue weighted by Crippen LogP contribution is -2.51. The average molecular weight is 565 g/mol. The summed E-state index contributed by atoms with van der Waals surface area (Å²) in [5.74, 6) is -0.568. The van der Waals surface area contributed by atoms with Crippen molar-refractivity contribution in [1.82, 2.24) is 20.0 Å². The number of piperidine rings is 1. The zero-order valence-corrected chi connectivity index (χ0v) is 23.8. The van der Waals surface area contributed by atoms with Gasteiger partial charge in [-0.2, -0.15) is 0 Å². The summed E-state index contributed by atoms with van der Waals surface area (Å²) in [4.78, 5) is 32.8. The van der Waals surface area contributed by atoms with E-state index in [1.807, 2.05) is 6.07 Å². The molecule has 0 unspecified atom stereocenters. The summed E-state index contributed by atoms with van der Waals surface area (Å²) < 4.78 is 26.8. The van der Waals surface area contributed by atoms with E-state index in [1.165, 1.54) is 11.6 Å². The molecule has 41 heavy (non-hydrogen) atoms. The third kappa shape index (κ3) is 7.15. The van der Waals surface area contributed by atoms with E-state index < -0.39 is 11.6 Å². The lowest BCUT2D eigenvalue weighted by Gasteiger charge is -2.39. The molecule has 1 N–H and O–H groups in total. The van der Waals surface area contributed by atoms with Crippen LogP contribution >= 0.6 is 0 Å². The molecule has 2 aromatic carbocycles. The number of urea groups is 1. The van der Waals surface area contributed by atoms with Crippen LogP contribution in [-0.2, 0) is 11.3 Å². The molecule has 2 aliphatic heterocycles. The first-order valence-corrected chi connectivity index (χ1v) is 15.1. The fourth-order valence-corrected chi connectivity index (χ4v) is 6.96. The maximum atomic E-state index is 13.6. The minimum absolute atomic E-state index is 0.0724.